The largest absolute Gasteiger partial charge is 0.480 e. The Balaban J connectivity index is 2.68. The summed E-state index contributed by atoms with van der Waals surface area (Å²) >= 11 is 0. The molecule has 0 aromatic carbocycles. The number of hydrogen-bond acceptors (Lipinski definition) is 3. The highest BCUT2D eigenvalue weighted by molar-refractivity contribution is 5.96. The van der Waals surface area contributed by atoms with E-state index in [0.29, 0.717) is 12.0 Å². The van der Waals surface area contributed by atoms with Crippen LogP contribution in [0.1, 0.15) is 30.6 Å². The van der Waals surface area contributed by atoms with Gasteiger partial charge in [-0.15, -0.1) is 0 Å². The molecule has 1 aromatic rings. The van der Waals surface area contributed by atoms with E-state index >= 15 is 0 Å². The second-order valence-corrected chi connectivity index (χ2v) is 4.23. The van der Waals surface area contributed by atoms with Gasteiger partial charge in [0.25, 0.3) is 5.91 Å². The van der Waals surface area contributed by atoms with Gasteiger partial charge in [0.2, 0.25) is 0 Å². The molecule has 0 spiro atoms. The van der Waals surface area contributed by atoms with E-state index in [1.54, 1.807) is 12.1 Å². The molecular formula is C12H16N2O3. The van der Waals surface area contributed by atoms with Gasteiger partial charge in [-0.1, -0.05) is 13.8 Å². The first-order chi connectivity index (χ1) is 8.00. The summed E-state index contributed by atoms with van der Waals surface area (Å²) in [6.07, 6.45) is 3.40. The monoisotopic (exact) mass is 236 g/mol. The second kappa shape index (κ2) is 5.98. The lowest BCUT2D eigenvalue weighted by atomic mass is 10.0. The minimum atomic E-state index is -1.01. The van der Waals surface area contributed by atoms with Crippen LogP contribution in [0.25, 0.3) is 0 Å². The van der Waals surface area contributed by atoms with Crippen molar-refractivity contribution in [2.24, 2.45) is 5.92 Å². The number of carboxylic acid groups (broad SMARTS) is 1. The third-order valence-corrected chi connectivity index (χ3v) is 2.25. The van der Waals surface area contributed by atoms with E-state index in [4.69, 9.17) is 5.11 Å². The Morgan fingerprint density at radius 1 is 1.35 bits per heavy atom. The van der Waals surface area contributed by atoms with Crippen molar-refractivity contribution in [2.75, 3.05) is 0 Å². The molecule has 5 heteroatoms. The summed E-state index contributed by atoms with van der Waals surface area (Å²) in [6.45, 7) is 3.82. The van der Waals surface area contributed by atoms with Crippen molar-refractivity contribution in [3.63, 3.8) is 0 Å². The van der Waals surface area contributed by atoms with Crippen molar-refractivity contribution in [2.45, 2.75) is 26.3 Å². The number of nitrogens with zero attached hydrogens (tertiary/aromatic N) is 1. The maximum Gasteiger partial charge on any atom is 0.326 e. The van der Waals surface area contributed by atoms with E-state index < -0.39 is 12.0 Å². The number of rotatable bonds is 5. The molecule has 0 fully saturated rings. The van der Waals surface area contributed by atoms with Crippen LogP contribution in [0.4, 0.5) is 0 Å². The van der Waals surface area contributed by atoms with E-state index in [1.807, 2.05) is 13.8 Å². The van der Waals surface area contributed by atoms with E-state index in [-0.39, 0.29) is 11.8 Å². The molecule has 1 unspecified atom stereocenters. The lowest BCUT2D eigenvalue weighted by Gasteiger charge is -2.16. The molecule has 1 aromatic heterocycles. The zero-order valence-electron chi connectivity index (χ0n) is 9.88. The van der Waals surface area contributed by atoms with Crippen LogP contribution < -0.4 is 5.32 Å². The predicted octanol–water partition coefficient (Wildman–Crippen LogP) is 1.31. The number of amides is 1. The number of carbonyl (C=O) groups is 2. The Hall–Kier alpha value is -1.91. The number of nitrogens with one attached hydrogen (secondary N) is 1. The molecule has 0 aliphatic rings. The highest BCUT2D eigenvalue weighted by Crippen LogP contribution is 2.06. The summed E-state index contributed by atoms with van der Waals surface area (Å²) in [7, 11) is 0. The maximum absolute atomic E-state index is 11.7. The highest BCUT2D eigenvalue weighted by Gasteiger charge is 2.21. The zero-order chi connectivity index (χ0) is 12.8. The number of carbonyl (C=O) groups excluding carboxylic acids is 1. The van der Waals surface area contributed by atoms with Crippen LogP contribution in [0.3, 0.4) is 0 Å². The molecule has 92 valence electrons. The Kier molecular flexibility index (Phi) is 4.63. The smallest absolute Gasteiger partial charge is 0.326 e. The number of carboxylic acids is 1. The second-order valence-electron chi connectivity index (χ2n) is 4.23. The van der Waals surface area contributed by atoms with Crippen molar-refractivity contribution in [3.05, 3.63) is 30.1 Å². The summed E-state index contributed by atoms with van der Waals surface area (Å²) in [5.41, 5.74) is 0.412. The number of aromatic nitrogens is 1. The van der Waals surface area contributed by atoms with Crippen molar-refractivity contribution >= 4 is 11.9 Å². The summed E-state index contributed by atoms with van der Waals surface area (Å²) in [5, 5.41) is 11.5. The van der Waals surface area contributed by atoms with Gasteiger partial charge in [-0.25, -0.2) is 4.79 Å². The first kappa shape index (κ1) is 13.2. The van der Waals surface area contributed by atoms with Crippen LogP contribution >= 0.6 is 0 Å². The Morgan fingerprint density at radius 2 is 1.94 bits per heavy atom. The SMILES string of the molecule is CC(C)CC(NC(=O)c1ccncc1)C(=O)O. The first-order valence-electron chi connectivity index (χ1n) is 5.44. The molecular weight excluding hydrogens is 220 g/mol. The maximum atomic E-state index is 11.7. The van der Waals surface area contributed by atoms with E-state index in [9.17, 15) is 9.59 Å². The van der Waals surface area contributed by atoms with Crippen LogP contribution in [0.15, 0.2) is 24.5 Å². The summed E-state index contributed by atoms with van der Waals surface area (Å²) in [6, 6.07) is 2.24. The third kappa shape index (κ3) is 4.22. The molecule has 2 N–H and O–H groups in total. The van der Waals surface area contributed by atoms with Gasteiger partial charge in [0.05, 0.1) is 0 Å². The van der Waals surface area contributed by atoms with Crippen molar-refractivity contribution in [3.8, 4) is 0 Å². The lowest BCUT2D eigenvalue weighted by Crippen LogP contribution is -2.41. The van der Waals surface area contributed by atoms with Gasteiger partial charge >= 0.3 is 5.97 Å². The molecule has 5 nitrogen and oxygen atoms in total. The Bertz CT molecular complexity index is 390. The third-order valence-electron chi connectivity index (χ3n) is 2.25. The van der Waals surface area contributed by atoms with Crippen molar-refractivity contribution in [1.29, 1.82) is 0 Å². The zero-order valence-corrected chi connectivity index (χ0v) is 9.88. The van der Waals surface area contributed by atoms with Crippen molar-refractivity contribution in [1.82, 2.24) is 10.3 Å². The quantitative estimate of drug-likeness (QED) is 0.807. The molecule has 1 heterocycles. The fraction of sp³-hybridized carbons (Fsp3) is 0.417. The van der Waals surface area contributed by atoms with Gasteiger partial charge in [-0.2, -0.15) is 0 Å². The molecule has 1 amide bonds. The summed E-state index contributed by atoms with van der Waals surface area (Å²) in [5.74, 6) is -1.20. The van der Waals surface area contributed by atoms with Gasteiger partial charge in [-0.05, 0) is 24.5 Å². The molecule has 0 aliphatic carbocycles. The molecule has 0 saturated heterocycles. The molecule has 1 atom stereocenters. The van der Waals surface area contributed by atoms with Gasteiger partial charge < -0.3 is 10.4 Å². The molecule has 17 heavy (non-hydrogen) atoms. The molecule has 0 radical (unpaired) electrons. The van der Waals surface area contributed by atoms with E-state index in [2.05, 4.69) is 10.3 Å². The fourth-order valence-electron chi connectivity index (χ4n) is 1.44. The Labute approximate surface area is 99.9 Å². The average molecular weight is 236 g/mol. The number of hydrogen-bond donors (Lipinski definition) is 2. The van der Waals surface area contributed by atoms with Crippen LogP contribution in [-0.4, -0.2) is 28.0 Å². The van der Waals surface area contributed by atoms with Gasteiger partial charge in [0.1, 0.15) is 6.04 Å². The van der Waals surface area contributed by atoms with Crippen molar-refractivity contribution < 1.29 is 14.7 Å². The van der Waals surface area contributed by atoms with Gasteiger partial charge in [0.15, 0.2) is 0 Å². The standard InChI is InChI=1S/C12H16N2O3/c1-8(2)7-10(12(16)17)14-11(15)9-3-5-13-6-4-9/h3-6,8,10H,7H2,1-2H3,(H,14,15)(H,16,17). The summed E-state index contributed by atoms with van der Waals surface area (Å²) in [4.78, 5) is 26.5. The normalized spacial score (nSPS) is 12.2. The van der Waals surface area contributed by atoms with Crippen LogP contribution in [0, 0.1) is 5.92 Å². The minimum Gasteiger partial charge on any atom is -0.480 e. The Morgan fingerprint density at radius 3 is 2.41 bits per heavy atom. The van der Waals surface area contributed by atoms with Gasteiger partial charge in [0, 0.05) is 18.0 Å². The van der Waals surface area contributed by atoms with Crippen LogP contribution in [0.2, 0.25) is 0 Å². The number of pyridine rings is 1. The van der Waals surface area contributed by atoms with E-state index in [1.165, 1.54) is 12.4 Å². The average Bonchev–Trinajstić information content (AvgIpc) is 2.28. The van der Waals surface area contributed by atoms with Crippen LogP contribution in [-0.2, 0) is 4.79 Å². The fourth-order valence-corrected chi connectivity index (χ4v) is 1.44. The summed E-state index contributed by atoms with van der Waals surface area (Å²) < 4.78 is 0. The predicted molar refractivity (Wildman–Crippen MR) is 62.6 cm³/mol. The lowest BCUT2D eigenvalue weighted by molar-refractivity contribution is -0.139. The highest BCUT2D eigenvalue weighted by atomic mass is 16.4. The van der Waals surface area contributed by atoms with E-state index in [0.717, 1.165) is 0 Å². The molecule has 0 bridgehead atoms. The first-order valence-corrected chi connectivity index (χ1v) is 5.44. The number of aliphatic carboxylic acids is 1. The van der Waals surface area contributed by atoms with Crippen LogP contribution in [0.5, 0.6) is 0 Å². The topological polar surface area (TPSA) is 79.3 Å². The molecule has 0 saturated carbocycles. The molecule has 0 aliphatic heterocycles. The van der Waals surface area contributed by atoms with Gasteiger partial charge in [-0.3, -0.25) is 9.78 Å². The molecule has 1 rings (SSSR count). The minimum absolute atomic E-state index is 0.203.